The van der Waals surface area contributed by atoms with Gasteiger partial charge in [0.05, 0.1) is 15.6 Å². The number of hydrogen-bond acceptors (Lipinski definition) is 3. The number of carbonyl (C=O) groups excluding carboxylic acids is 1. The van der Waals surface area contributed by atoms with E-state index in [1.807, 2.05) is 13.0 Å². The van der Waals surface area contributed by atoms with Crippen molar-refractivity contribution in [2.75, 3.05) is 6.54 Å². The second-order valence-corrected chi connectivity index (χ2v) is 6.54. The van der Waals surface area contributed by atoms with E-state index in [4.69, 9.17) is 23.2 Å². The van der Waals surface area contributed by atoms with Crippen molar-refractivity contribution in [1.82, 2.24) is 9.88 Å². The van der Waals surface area contributed by atoms with Gasteiger partial charge < -0.3 is 15.0 Å². The van der Waals surface area contributed by atoms with Gasteiger partial charge in [-0.1, -0.05) is 36.2 Å². The molecule has 1 aromatic heterocycles. The molecule has 2 aromatic rings. The van der Waals surface area contributed by atoms with Crippen molar-refractivity contribution in [3.05, 3.63) is 61.5 Å². The zero-order chi connectivity index (χ0) is 18.6. The molecule has 0 aliphatic carbocycles. The molecule has 1 amide bonds. The van der Waals surface area contributed by atoms with Gasteiger partial charge in [0.1, 0.15) is 0 Å². The minimum absolute atomic E-state index is 0.00878. The Labute approximate surface area is 156 Å². The molecule has 0 radical (unpaired) electrons. The molecule has 1 heterocycles. The molecule has 7 heteroatoms. The van der Waals surface area contributed by atoms with Crippen molar-refractivity contribution < 1.29 is 9.90 Å². The van der Waals surface area contributed by atoms with E-state index >= 15 is 0 Å². The van der Waals surface area contributed by atoms with Crippen molar-refractivity contribution in [3.8, 4) is 5.75 Å². The summed E-state index contributed by atoms with van der Waals surface area (Å²) in [5, 5.41) is 13.7. The van der Waals surface area contributed by atoms with Crippen LogP contribution in [0.5, 0.6) is 5.75 Å². The molecule has 2 rings (SSSR count). The quantitative estimate of drug-likeness (QED) is 0.752. The van der Waals surface area contributed by atoms with E-state index in [1.54, 1.807) is 25.2 Å². The zero-order valence-electron chi connectivity index (χ0n) is 14.1. The van der Waals surface area contributed by atoms with E-state index in [2.05, 4.69) is 5.32 Å². The monoisotopic (exact) mass is 382 g/mol. The van der Waals surface area contributed by atoms with Crippen molar-refractivity contribution in [3.63, 3.8) is 0 Å². The van der Waals surface area contributed by atoms with Crippen LogP contribution in [0.2, 0.25) is 10.0 Å². The molecule has 2 N–H and O–H groups in total. The number of pyridine rings is 1. The predicted molar refractivity (Wildman–Crippen MR) is 99.8 cm³/mol. The lowest BCUT2D eigenvalue weighted by Crippen LogP contribution is -2.29. The molecule has 0 fully saturated rings. The SMILES string of the molecule is CCc1cc(C(=O)NCCCc2ccc(Cl)c(Cl)c2)c(O)c(=O)n1C. The maximum Gasteiger partial charge on any atom is 0.293 e. The van der Waals surface area contributed by atoms with Crippen LogP contribution in [-0.2, 0) is 19.9 Å². The molecule has 0 aliphatic rings. The number of aryl methyl sites for hydroxylation is 2. The van der Waals surface area contributed by atoms with Crippen LogP contribution in [0.15, 0.2) is 29.1 Å². The highest BCUT2D eigenvalue weighted by atomic mass is 35.5. The van der Waals surface area contributed by atoms with Crippen LogP contribution in [0.3, 0.4) is 0 Å². The summed E-state index contributed by atoms with van der Waals surface area (Å²) in [5.41, 5.74) is 1.15. The first kappa shape index (κ1) is 19.3. The Balaban J connectivity index is 1.97. The van der Waals surface area contributed by atoms with Crippen LogP contribution in [0.1, 0.15) is 35.0 Å². The fraction of sp³-hybridized carbons (Fsp3) is 0.333. The number of amides is 1. The number of aromatic nitrogens is 1. The summed E-state index contributed by atoms with van der Waals surface area (Å²) in [7, 11) is 1.57. The second kappa shape index (κ2) is 8.41. The van der Waals surface area contributed by atoms with E-state index in [0.29, 0.717) is 35.1 Å². The Bertz CT molecular complexity index is 847. The third-order valence-corrected chi connectivity index (χ3v) is 4.76. The van der Waals surface area contributed by atoms with Crippen molar-refractivity contribution in [2.45, 2.75) is 26.2 Å². The van der Waals surface area contributed by atoms with Gasteiger partial charge in [0, 0.05) is 19.3 Å². The molecule has 25 heavy (non-hydrogen) atoms. The van der Waals surface area contributed by atoms with E-state index in [-0.39, 0.29) is 5.56 Å². The summed E-state index contributed by atoms with van der Waals surface area (Å²) in [6.07, 6.45) is 2.00. The van der Waals surface area contributed by atoms with E-state index in [9.17, 15) is 14.7 Å². The number of carbonyl (C=O) groups is 1. The molecule has 0 unspecified atom stereocenters. The van der Waals surface area contributed by atoms with Crippen LogP contribution >= 0.6 is 23.2 Å². The lowest BCUT2D eigenvalue weighted by molar-refractivity contribution is 0.0950. The third kappa shape index (κ3) is 4.55. The second-order valence-electron chi connectivity index (χ2n) is 5.72. The summed E-state index contributed by atoms with van der Waals surface area (Å²) >= 11 is 11.8. The number of aromatic hydroxyl groups is 1. The Morgan fingerprint density at radius 1 is 1.24 bits per heavy atom. The summed E-state index contributed by atoms with van der Waals surface area (Å²) in [5.74, 6) is -0.985. The zero-order valence-corrected chi connectivity index (χ0v) is 15.6. The number of nitrogens with one attached hydrogen (secondary N) is 1. The van der Waals surface area contributed by atoms with Gasteiger partial charge in [-0.2, -0.15) is 0 Å². The molecular formula is C18H20Cl2N2O3. The van der Waals surface area contributed by atoms with Gasteiger partial charge in [0.15, 0.2) is 5.75 Å². The molecule has 0 saturated carbocycles. The van der Waals surface area contributed by atoms with Crippen molar-refractivity contribution >= 4 is 29.1 Å². The molecule has 134 valence electrons. The first-order valence-corrected chi connectivity index (χ1v) is 8.74. The molecule has 0 saturated heterocycles. The smallest absolute Gasteiger partial charge is 0.293 e. The fourth-order valence-electron chi connectivity index (χ4n) is 2.53. The average Bonchev–Trinajstić information content (AvgIpc) is 2.59. The Morgan fingerprint density at radius 2 is 1.96 bits per heavy atom. The number of hydrogen-bond donors (Lipinski definition) is 2. The largest absolute Gasteiger partial charge is 0.502 e. The van der Waals surface area contributed by atoms with Crippen molar-refractivity contribution in [2.24, 2.45) is 7.05 Å². The van der Waals surface area contributed by atoms with Crippen LogP contribution in [0.4, 0.5) is 0 Å². The third-order valence-electron chi connectivity index (χ3n) is 4.02. The van der Waals surface area contributed by atoms with Gasteiger partial charge in [0.25, 0.3) is 11.5 Å². The standard InChI is InChI=1S/C18H20Cl2N2O3/c1-3-12-10-13(16(23)18(25)22(12)2)17(24)21-8-4-5-11-6-7-14(19)15(20)9-11/h6-7,9-10,23H,3-5,8H2,1-2H3,(H,21,24). The molecular weight excluding hydrogens is 363 g/mol. The van der Waals surface area contributed by atoms with Crippen LogP contribution < -0.4 is 10.9 Å². The molecule has 1 aromatic carbocycles. The maximum atomic E-state index is 12.2. The van der Waals surface area contributed by atoms with Crippen LogP contribution in [0, 0.1) is 0 Å². The molecule has 0 bridgehead atoms. The van der Waals surface area contributed by atoms with E-state index in [1.165, 1.54) is 4.57 Å². The lowest BCUT2D eigenvalue weighted by atomic mass is 10.1. The highest BCUT2D eigenvalue weighted by molar-refractivity contribution is 6.42. The topological polar surface area (TPSA) is 71.3 Å². The highest BCUT2D eigenvalue weighted by Crippen LogP contribution is 2.23. The summed E-state index contributed by atoms with van der Waals surface area (Å²) in [4.78, 5) is 24.2. The van der Waals surface area contributed by atoms with Gasteiger partial charge >= 0.3 is 0 Å². The molecule has 0 aliphatic heterocycles. The van der Waals surface area contributed by atoms with Crippen molar-refractivity contribution in [1.29, 1.82) is 0 Å². The Hall–Kier alpha value is -1.98. The van der Waals surface area contributed by atoms with Crippen LogP contribution in [0.25, 0.3) is 0 Å². The van der Waals surface area contributed by atoms with E-state index < -0.39 is 17.2 Å². The lowest BCUT2D eigenvalue weighted by Gasteiger charge is -2.11. The first-order valence-electron chi connectivity index (χ1n) is 7.99. The summed E-state index contributed by atoms with van der Waals surface area (Å²) < 4.78 is 1.34. The Kier molecular flexibility index (Phi) is 6.51. The maximum absolute atomic E-state index is 12.2. The number of rotatable bonds is 6. The minimum atomic E-state index is -0.569. The van der Waals surface area contributed by atoms with Gasteiger partial charge in [-0.15, -0.1) is 0 Å². The Morgan fingerprint density at radius 3 is 2.60 bits per heavy atom. The summed E-state index contributed by atoms with van der Waals surface area (Å²) in [6.45, 7) is 2.29. The molecule has 5 nitrogen and oxygen atoms in total. The van der Waals surface area contributed by atoms with Crippen LogP contribution in [-0.4, -0.2) is 22.1 Å². The number of nitrogens with zero attached hydrogens (tertiary/aromatic N) is 1. The number of benzene rings is 1. The number of halogens is 2. The van der Waals surface area contributed by atoms with Gasteiger partial charge in [-0.05, 0) is 43.0 Å². The summed E-state index contributed by atoms with van der Waals surface area (Å²) in [6, 6.07) is 6.97. The highest BCUT2D eigenvalue weighted by Gasteiger charge is 2.17. The fourth-order valence-corrected chi connectivity index (χ4v) is 2.85. The minimum Gasteiger partial charge on any atom is -0.502 e. The average molecular weight is 383 g/mol. The first-order chi connectivity index (χ1) is 11.8. The molecule has 0 spiro atoms. The normalized spacial score (nSPS) is 10.7. The van der Waals surface area contributed by atoms with Gasteiger partial charge in [-0.25, -0.2) is 0 Å². The van der Waals surface area contributed by atoms with Gasteiger partial charge in [0.2, 0.25) is 0 Å². The van der Waals surface area contributed by atoms with E-state index in [0.717, 1.165) is 12.0 Å². The predicted octanol–water partition coefficient (Wildman–Crippen LogP) is 3.32. The van der Waals surface area contributed by atoms with Gasteiger partial charge in [-0.3, -0.25) is 9.59 Å². The molecule has 0 atom stereocenters.